The Kier molecular flexibility index (Phi) is 13.0. The Balaban J connectivity index is 0.00000127. The zero-order chi connectivity index (χ0) is 32.3. The molecule has 0 radical (unpaired) electrons. The molecule has 1 aromatic rings. The molecule has 3 amide bonds. The second kappa shape index (κ2) is 16.4. The Bertz CT molecular complexity index is 1390. The van der Waals surface area contributed by atoms with Crippen molar-refractivity contribution in [3.63, 3.8) is 0 Å². The number of aromatic nitrogens is 1. The number of carbonyl (C=O) groups excluding carboxylic acids is 3. The highest BCUT2D eigenvalue weighted by Crippen LogP contribution is 2.47. The van der Waals surface area contributed by atoms with E-state index in [1.807, 2.05) is 44.5 Å². The lowest BCUT2D eigenvalue weighted by Crippen LogP contribution is -2.52. The zero-order valence-electron chi connectivity index (χ0n) is 27.1. The van der Waals surface area contributed by atoms with Gasteiger partial charge in [0.05, 0.1) is 0 Å². The fraction of sp³-hybridized carbons (Fsp3) is 0.556. The van der Waals surface area contributed by atoms with Crippen molar-refractivity contribution in [3.05, 3.63) is 70.2 Å². The number of hydrogen-bond acceptors (Lipinski definition) is 5. The summed E-state index contributed by atoms with van der Waals surface area (Å²) in [5.41, 5.74) is 3.29. The number of unbranched alkanes of at least 4 members (excludes halogenated alkanes) is 4. The highest BCUT2D eigenvalue weighted by Gasteiger charge is 2.48. The summed E-state index contributed by atoms with van der Waals surface area (Å²) in [6.07, 6.45) is 12.4. The van der Waals surface area contributed by atoms with Crippen LogP contribution >= 0.6 is 0 Å². The Morgan fingerprint density at radius 2 is 1.82 bits per heavy atom. The van der Waals surface area contributed by atoms with Crippen LogP contribution in [0.15, 0.2) is 59.1 Å². The molecule has 8 heteroatoms. The molecule has 0 bridgehead atoms. The van der Waals surface area contributed by atoms with Gasteiger partial charge in [0.25, 0.3) is 11.5 Å². The summed E-state index contributed by atoms with van der Waals surface area (Å²) in [6.45, 7) is 17.7. The fourth-order valence-corrected chi connectivity index (χ4v) is 6.06. The Labute approximate surface area is 263 Å². The number of imide groups is 1. The van der Waals surface area contributed by atoms with E-state index in [0.717, 1.165) is 45.2 Å². The first-order chi connectivity index (χ1) is 21.3. The second-order valence-electron chi connectivity index (χ2n) is 11.5. The molecule has 44 heavy (non-hydrogen) atoms. The SMILES string of the molecule is C=C/C(C#CCCCCCCn1ccc(C2CNC3(CC3)C2)cc1=O)=C1/CN(C2CCC(=O)NC2=O)C(=O)C1=C.CC.CC. The average molecular weight is 603 g/mol. The number of allylic oxidation sites excluding steroid dienone is 2. The Morgan fingerprint density at radius 3 is 2.45 bits per heavy atom. The van der Waals surface area contributed by atoms with Crippen LogP contribution in [0.3, 0.4) is 0 Å². The third-order valence-corrected chi connectivity index (χ3v) is 8.71. The van der Waals surface area contributed by atoms with Crippen molar-refractivity contribution < 1.29 is 14.4 Å². The first kappa shape index (κ1) is 34.8. The van der Waals surface area contributed by atoms with E-state index in [0.29, 0.717) is 41.0 Å². The first-order valence-electron chi connectivity index (χ1n) is 16.4. The number of likely N-dealkylation sites (tertiary alicyclic amines) is 1. The van der Waals surface area contributed by atoms with Gasteiger partial charge >= 0.3 is 0 Å². The summed E-state index contributed by atoms with van der Waals surface area (Å²) in [7, 11) is 0. The maximum Gasteiger partial charge on any atom is 0.254 e. The number of piperidine rings is 1. The summed E-state index contributed by atoms with van der Waals surface area (Å²) in [4.78, 5) is 50.6. The molecule has 4 aliphatic rings. The van der Waals surface area contributed by atoms with Gasteiger partial charge < -0.3 is 14.8 Å². The predicted octanol–water partition coefficient (Wildman–Crippen LogP) is 5.15. The summed E-state index contributed by atoms with van der Waals surface area (Å²) < 4.78 is 1.81. The van der Waals surface area contributed by atoms with Crippen molar-refractivity contribution in [2.75, 3.05) is 13.1 Å². The van der Waals surface area contributed by atoms with Crippen molar-refractivity contribution in [3.8, 4) is 11.8 Å². The second-order valence-corrected chi connectivity index (χ2v) is 11.5. The molecule has 1 aliphatic carbocycles. The van der Waals surface area contributed by atoms with Crippen molar-refractivity contribution >= 4 is 17.7 Å². The van der Waals surface area contributed by atoms with E-state index < -0.39 is 11.9 Å². The standard InChI is InChI=1S/C32H38N4O4.2C2H6/c1-3-23(26-21-36(31(40)22(26)2)27-11-12-28(37)34-30(27)39)10-8-6-4-5-7-9-16-35-17-13-24(18-29(35)38)25-19-32(14-15-32)33-20-25;2*1-2/h3,13,17-18,25,27,33H,1-2,4-7,9,11-12,14-16,19-21H2,(H,34,37,39);2*1-2H3/b26-23+;;. The lowest BCUT2D eigenvalue weighted by molar-refractivity contribution is -0.142. The normalized spacial score (nSPS) is 22.7. The van der Waals surface area contributed by atoms with Gasteiger partial charge in [-0.3, -0.25) is 24.5 Å². The molecular formula is C36H50N4O4. The minimum absolute atomic E-state index is 0.0910. The van der Waals surface area contributed by atoms with E-state index in [-0.39, 0.29) is 30.3 Å². The Hall–Kier alpha value is -3.70. The molecule has 2 N–H and O–H groups in total. The first-order valence-corrected chi connectivity index (χ1v) is 16.4. The molecule has 5 rings (SSSR count). The highest BCUT2D eigenvalue weighted by atomic mass is 16.2. The number of nitrogens with zero attached hydrogens (tertiary/aromatic N) is 2. The minimum atomic E-state index is -0.674. The van der Waals surface area contributed by atoms with Crippen LogP contribution in [-0.4, -0.2) is 51.9 Å². The van der Waals surface area contributed by atoms with E-state index in [1.54, 1.807) is 6.08 Å². The van der Waals surface area contributed by atoms with Gasteiger partial charge in [0.2, 0.25) is 11.8 Å². The number of pyridine rings is 1. The quantitative estimate of drug-likeness (QED) is 0.176. The Morgan fingerprint density at radius 1 is 1.09 bits per heavy atom. The number of amides is 3. The van der Waals surface area contributed by atoms with Crippen LogP contribution in [0.1, 0.15) is 103 Å². The van der Waals surface area contributed by atoms with Gasteiger partial charge in [-0.05, 0) is 61.6 Å². The maximum absolute atomic E-state index is 12.8. The maximum atomic E-state index is 12.8. The van der Waals surface area contributed by atoms with Crippen LogP contribution in [0.2, 0.25) is 0 Å². The molecule has 2 atom stereocenters. The zero-order valence-corrected chi connectivity index (χ0v) is 27.1. The lowest BCUT2D eigenvalue weighted by Gasteiger charge is -2.28. The molecule has 4 fully saturated rings. The average Bonchev–Trinajstić information content (AvgIpc) is 3.57. The molecule has 1 spiro atoms. The molecule has 1 saturated carbocycles. The molecule has 4 heterocycles. The number of hydrogen-bond donors (Lipinski definition) is 2. The molecule has 0 aromatic carbocycles. The predicted molar refractivity (Wildman–Crippen MR) is 176 cm³/mol. The number of nitrogens with one attached hydrogen (secondary N) is 2. The third kappa shape index (κ3) is 8.47. The molecule has 3 aliphatic heterocycles. The van der Waals surface area contributed by atoms with Crippen LogP contribution in [0.5, 0.6) is 0 Å². The monoisotopic (exact) mass is 602 g/mol. The smallest absolute Gasteiger partial charge is 0.254 e. The molecule has 8 nitrogen and oxygen atoms in total. The number of rotatable bonds is 9. The van der Waals surface area contributed by atoms with Crippen LogP contribution in [0.25, 0.3) is 0 Å². The van der Waals surface area contributed by atoms with Crippen molar-refractivity contribution in [2.45, 2.75) is 116 Å². The largest absolute Gasteiger partial charge is 0.322 e. The summed E-state index contributed by atoms with van der Waals surface area (Å²) in [6, 6.07) is 3.27. The van der Waals surface area contributed by atoms with E-state index in [4.69, 9.17) is 0 Å². The van der Waals surface area contributed by atoms with Crippen LogP contribution in [-0.2, 0) is 20.9 Å². The molecule has 238 valence electrons. The summed E-state index contributed by atoms with van der Waals surface area (Å²) >= 11 is 0. The molecular weight excluding hydrogens is 552 g/mol. The van der Waals surface area contributed by atoms with Gasteiger partial charge in [-0.15, -0.1) is 0 Å². The van der Waals surface area contributed by atoms with Crippen LogP contribution in [0, 0.1) is 11.8 Å². The van der Waals surface area contributed by atoms with E-state index in [2.05, 4.69) is 41.7 Å². The van der Waals surface area contributed by atoms with Crippen molar-refractivity contribution in [2.24, 2.45) is 0 Å². The molecule has 3 saturated heterocycles. The van der Waals surface area contributed by atoms with Gasteiger partial charge in [0.1, 0.15) is 6.04 Å². The summed E-state index contributed by atoms with van der Waals surface area (Å²) in [5.74, 6) is 5.71. The minimum Gasteiger partial charge on any atom is -0.322 e. The topological polar surface area (TPSA) is 101 Å². The van der Waals surface area contributed by atoms with Crippen molar-refractivity contribution in [1.29, 1.82) is 0 Å². The molecule has 1 aromatic heterocycles. The molecule has 2 unspecified atom stereocenters. The summed E-state index contributed by atoms with van der Waals surface area (Å²) in [5, 5.41) is 5.94. The number of carbonyl (C=O) groups is 3. The highest BCUT2D eigenvalue weighted by molar-refractivity contribution is 6.06. The van der Waals surface area contributed by atoms with Crippen molar-refractivity contribution in [1.82, 2.24) is 20.1 Å². The van der Waals surface area contributed by atoms with Gasteiger partial charge in [-0.2, -0.15) is 0 Å². The van der Waals surface area contributed by atoms with Gasteiger partial charge in [0.15, 0.2) is 0 Å². The van der Waals surface area contributed by atoms with Gasteiger partial charge in [-0.25, -0.2) is 0 Å². The number of aryl methyl sites for hydroxylation is 1. The third-order valence-electron chi connectivity index (χ3n) is 8.71. The van der Waals surface area contributed by atoms with Gasteiger partial charge in [-0.1, -0.05) is 71.6 Å². The van der Waals surface area contributed by atoms with E-state index >= 15 is 0 Å². The van der Waals surface area contributed by atoms with Crippen LogP contribution in [0.4, 0.5) is 0 Å². The lowest BCUT2D eigenvalue weighted by atomic mass is 9.96. The van der Waals surface area contributed by atoms with Crippen LogP contribution < -0.4 is 16.2 Å². The van der Waals surface area contributed by atoms with Gasteiger partial charge in [0, 0.05) is 61.4 Å². The van der Waals surface area contributed by atoms with E-state index in [1.165, 1.54) is 23.3 Å². The fourth-order valence-electron chi connectivity index (χ4n) is 6.06. The van der Waals surface area contributed by atoms with E-state index in [9.17, 15) is 19.2 Å².